The van der Waals surface area contributed by atoms with E-state index in [2.05, 4.69) is 5.10 Å². The first-order valence-electron chi connectivity index (χ1n) is 6.71. The third-order valence-electron chi connectivity index (χ3n) is 3.56. The van der Waals surface area contributed by atoms with E-state index in [9.17, 15) is 4.79 Å². The Bertz CT molecular complexity index is 804. The Morgan fingerprint density at radius 2 is 2.00 bits per heavy atom. The van der Waals surface area contributed by atoms with E-state index in [4.69, 9.17) is 14.7 Å². The molecule has 0 saturated carbocycles. The van der Waals surface area contributed by atoms with Crippen molar-refractivity contribution in [1.82, 2.24) is 9.78 Å². The molecule has 0 radical (unpaired) electrons. The number of methoxy groups -OCH3 is 2. The van der Waals surface area contributed by atoms with Gasteiger partial charge in [0.2, 0.25) is 0 Å². The van der Waals surface area contributed by atoms with Crippen molar-refractivity contribution in [2.75, 3.05) is 14.2 Å². The van der Waals surface area contributed by atoms with Crippen LogP contribution in [0.15, 0.2) is 23.0 Å². The molecule has 0 aliphatic heterocycles. The predicted octanol–water partition coefficient (Wildman–Crippen LogP) is 1.80. The number of rotatable bonds is 4. The third kappa shape index (κ3) is 2.79. The van der Waals surface area contributed by atoms with E-state index < -0.39 is 5.56 Å². The van der Waals surface area contributed by atoms with Crippen molar-refractivity contribution < 1.29 is 9.47 Å². The molecule has 0 aliphatic rings. The number of aromatic nitrogens is 2. The van der Waals surface area contributed by atoms with E-state index in [1.807, 2.05) is 6.07 Å². The Labute approximate surface area is 128 Å². The Hall–Kier alpha value is -2.81. The van der Waals surface area contributed by atoms with Gasteiger partial charge in [0.1, 0.15) is 23.1 Å². The summed E-state index contributed by atoms with van der Waals surface area (Å²) < 4.78 is 11.8. The Morgan fingerprint density at radius 1 is 1.27 bits per heavy atom. The minimum Gasteiger partial charge on any atom is -0.497 e. The Balaban J connectivity index is 2.55. The molecule has 0 fully saturated rings. The number of hydrogen-bond acceptors (Lipinski definition) is 5. The normalized spacial score (nSPS) is 10.1. The first kappa shape index (κ1) is 15.6. The van der Waals surface area contributed by atoms with Gasteiger partial charge >= 0.3 is 0 Å². The second-order valence-corrected chi connectivity index (χ2v) is 4.84. The average molecular weight is 299 g/mol. The van der Waals surface area contributed by atoms with Gasteiger partial charge in [0.05, 0.1) is 26.5 Å². The molecule has 0 atom stereocenters. The Kier molecular flexibility index (Phi) is 4.47. The minimum atomic E-state index is -0.407. The van der Waals surface area contributed by atoms with E-state index in [0.29, 0.717) is 22.8 Å². The summed E-state index contributed by atoms with van der Waals surface area (Å²) in [5.74, 6) is 1.29. The fourth-order valence-corrected chi connectivity index (χ4v) is 2.18. The van der Waals surface area contributed by atoms with Gasteiger partial charge in [-0.15, -0.1) is 0 Å². The summed E-state index contributed by atoms with van der Waals surface area (Å²) in [6.07, 6.45) is 0. The van der Waals surface area contributed by atoms with Gasteiger partial charge in [-0.1, -0.05) is 0 Å². The number of ether oxygens (including phenoxy) is 2. The minimum absolute atomic E-state index is 0.120. The fraction of sp³-hybridized carbons (Fsp3) is 0.312. The molecule has 22 heavy (non-hydrogen) atoms. The van der Waals surface area contributed by atoms with Gasteiger partial charge in [-0.25, -0.2) is 4.68 Å². The molecule has 0 saturated heterocycles. The van der Waals surface area contributed by atoms with Crippen molar-refractivity contribution >= 4 is 0 Å². The number of benzene rings is 1. The number of hydrogen-bond donors (Lipinski definition) is 0. The zero-order valence-electron chi connectivity index (χ0n) is 13.0. The zero-order chi connectivity index (χ0) is 16.3. The maximum Gasteiger partial charge on any atom is 0.285 e. The molecule has 1 aromatic carbocycles. The van der Waals surface area contributed by atoms with Crippen LogP contribution in [0.1, 0.15) is 22.4 Å². The highest BCUT2D eigenvalue weighted by atomic mass is 16.5. The number of nitriles is 1. The van der Waals surface area contributed by atoms with Crippen LogP contribution in [0.5, 0.6) is 11.5 Å². The van der Waals surface area contributed by atoms with Crippen molar-refractivity contribution in [2.45, 2.75) is 20.4 Å². The molecule has 114 valence electrons. The summed E-state index contributed by atoms with van der Waals surface area (Å²) in [7, 11) is 3.13. The van der Waals surface area contributed by atoms with E-state index >= 15 is 0 Å². The molecule has 6 heteroatoms. The predicted molar refractivity (Wildman–Crippen MR) is 81.3 cm³/mol. The molecule has 0 bridgehead atoms. The summed E-state index contributed by atoms with van der Waals surface area (Å²) >= 11 is 0. The van der Waals surface area contributed by atoms with Gasteiger partial charge in [0, 0.05) is 5.56 Å². The summed E-state index contributed by atoms with van der Waals surface area (Å²) in [6.45, 7) is 3.70. The second-order valence-electron chi connectivity index (χ2n) is 4.84. The lowest BCUT2D eigenvalue weighted by Gasteiger charge is -2.13. The van der Waals surface area contributed by atoms with Gasteiger partial charge in [-0.2, -0.15) is 10.4 Å². The van der Waals surface area contributed by atoms with Crippen molar-refractivity contribution in [3.8, 4) is 17.6 Å². The molecular weight excluding hydrogens is 282 g/mol. The lowest BCUT2D eigenvalue weighted by atomic mass is 10.1. The van der Waals surface area contributed by atoms with E-state index in [1.165, 1.54) is 4.68 Å². The summed E-state index contributed by atoms with van der Waals surface area (Å²) in [5.41, 5.74) is 1.73. The molecule has 2 rings (SSSR count). The van der Waals surface area contributed by atoms with E-state index in [0.717, 1.165) is 5.56 Å². The van der Waals surface area contributed by atoms with Gasteiger partial charge in [0.15, 0.2) is 0 Å². The zero-order valence-corrected chi connectivity index (χ0v) is 13.0. The van der Waals surface area contributed by atoms with Crippen molar-refractivity contribution in [1.29, 1.82) is 5.26 Å². The molecule has 1 heterocycles. The smallest absolute Gasteiger partial charge is 0.285 e. The SMILES string of the molecule is COc1ccc(OC)c(Cn2nc(C)c(C)c(C#N)c2=O)c1. The highest BCUT2D eigenvalue weighted by Crippen LogP contribution is 2.24. The van der Waals surface area contributed by atoms with Gasteiger partial charge in [0.25, 0.3) is 5.56 Å². The van der Waals surface area contributed by atoms with E-state index in [1.54, 1.807) is 46.3 Å². The molecule has 0 unspecified atom stereocenters. The van der Waals surface area contributed by atoms with Crippen LogP contribution in [0.4, 0.5) is 0 Å². The van der Waals surface area contributed by atoms with Crippen LogP contribution in [0.2, 0.25) is 0 Å². The molecule has 0 N–H and O–H groups in total. The summed E-state index contributed by atoms with van der Waals surface area (Å²) in [5, 5.41) is 13.4. The van der Waals surface area contributed by atoms with Crippen molar-refractivity contribution in [3.63, 3.8) is 0 Å². The van der Waals surface area contributed by atoms with Gasteiger partial charge in [-0.3, -0.25) is 4.79 Å². The van der Waals surface area contributed by atoms with Crippen LogP contribution in [0.25, 0.3) is 0 Å². The number of aryl methyl sites for hydroxylation is 1. The van der Waals surface area contributed by atoms with Crippen LogP contribution >= 0.6 is 0 Å². The largest absolute Gasteiger partial charge is 0.497 e. The van der Waals surface area contributed by atoms with Crippen LogP contribution in [-0.4, -0.2) is 24.0 Å². The van der Waals surface area contributed by atoms with Crippen LogP contribution in [-0.2, 0) is 6.54 Å². The van der Waals surface area contributed by atoms with E-state index in [-0.39, 0.29) is 12.1 Å². The second kappa shape index (κ2) is 6.31. The lowest BCUT2D eigenvalue weighted by molar-refractivity contribution is 0.396. The molecular formula is C16H17N3O3. The molecule has 1 aromatic heterocycles. The topological polar surface area (TPSA) is 77.1 Å². The molecule has 6 nitrogen and oxygen atoms in total. The first-order chi connectivity index (χ1) is 10.5. The van der Waals surface area contributed by atoms with Crippen molar-refractivity contribution in [2.24, 2.45) is 0 Å². The monoisotopic (exact) mass is 299 g/mol. The fourth-order valence-electron chi connectivity index (χ4n) is 2.18. The molecule has 0 aliphatic carbocycles. The summed E-state index contributed by atoms with van der Waals surface area (Å²) in [6, 6.07) is 7.29. The highest BCUT2D eigenvalue weighted by molar-refractivity contribution is 5.41. The molecule has 2 aromatic rings. The van der Waals surface area contributed by atoms with Crippen molar-refractivity contribution in [3.05, 3.63) is 50.9 Å². The first-order valence-corrected chi connectivity index (χ1v) is 6.71. The quantitative estimate of drug-likeness (QED) is 0.860. The standard InChI is InChI=1S/C16H17N3O3/c1-10-11(2)18-19(16(20)14(10)8-17)9-12-7-13(21-3)5-6-15(12)22-4/h5-7H,9H2,1-4H3. The van der Waals surface area contributed by atoms with Crippen LogP contribution in [0, 0.1) is 25.2 Å². The highest BCUT2D eigenvalue weighted by Gasteiger charge is 2.14. The Morgan fingerprint density at radius 3 is 2.59 bits per heavy atom. The van der Waals surface area contributed by atoms with Gasteiger partial charge < -0.3 is 9.47 Å². The van der Waals surface area contributed by atoms with Crippen LogP contribution in [0.3, 0.4) is 0 Å². The van der Waals surface area contributed by atoms with Gasteiger partial charge in [-0.05, 0) is 37.6 Å². The van der Waals surface area contributed by atoms with Crippen LogP contribution < -0.4 is 15.0 Å². The molecule has 0 amide bonds. The average Bonchev–Trinajstić information content (AvgIpc) is 2.53. The molecule has 0 spiro atoms. The summed E-state index contributed by atoms with van der Waals surface area (Å²) in [4.78, 5) is 12.3. The number of nitrogens with zero attached hydrogens (tertiary/aromatic N) is 3. The third-order valence-corrected chi connectivity index (χ3v) is 3.56. The maximum absolute atomic E-state index is 12.3. The lowest BCUT2D eigenvalue weighted by Crippen LogP contribution is -2.28. The maximum atomic E-state index is 12.3.